The molecule has 0 spiro atoms. The molecule has 0 aliphatic rings. The zero-order valence-electron chi connectivity index (χ0n) is 11.3. The van der Waals surface area contributed by atoms with E-state index < -0.39 is 36.5 Å². The van der Waals surface area contributed by atoms with Crippen molar-refractivity contribution in [2.75, 3.05) is 4.72 Å². The predicted molar refractivity (Wildman–Crippen MR) is 78.2 cm³/mol. The minimum absolute atomic E-state index is 0.102. The van der Waals surface area contributed by atoms with E-state index in [1.807, 2.05) is 4.72 Å². The average molecular weight is 345 g/mol. The van der Waals surface area contributed by atoms with Gasteiger partial charge in [-0.1, -0.05) is 17.7 Å². The Morgan fingerprint density at radius 1 is 0.955 bits per heavy atom. The third-order valence-electron chi connectivity index (χ3n) is 2.81. The summed E-state index contributed by atoms with van der Waals surface area (Å²) in [6.07, 6.45) is 0. The molecule has 2 aromatic rings. The highest BCUT2D eigenvalue weighted by Crippen LogP contribution is 2.23. The first kappa shape index (κ1) is 16.4. The molecular formula is C13H12FNO5S2. The molecule has 0 unspecified atom stereocenters. The molecule has 0 aromatic heterocycles. The number of hydrogen-bond acceptors (Lipinski definition) is 4. The average Bonchev–Trinajstić information content (AvgIpc) is 2.40. The van der Waals surface area contributed by atoms with Gasteiger partial charge in [0.15, 0.2) is 0 Å². The summed E-state index contributed by atoms with van der Waals surface area (Å²) in [5.74, 6) is -0.969. The van der Waals surface area contributed by atoms with Gasteiger partial charge in [0.05, 0.1) is 15.5 Å². The molecule has 2 rings (SSSR count). The molecule has 6 nitrogen and oxygen atoms in total. The normalized spacial score (nSPS) is 12.1. The second-order valence-corrected chi connectivity index (χ2v) is 7.64. The van der Waals surface area contributed by atoms with E-state index in [4.69, 9.17) is 4.55 Å². The number of aryl methyl sites for hydroxylation is 1. The van der Waals surface area contributed by atoms with Crippen molar-refractivity contribution in [3.05, 3.63) is 53.8 Å². The molecule has 0 atom stereocenters. The second kappa shape index (κ2) is 5.67. The first-order chi connectivity index (χ1) is 10.1. The highest BCUT2D eigenvalue weighted by molar-refractivity contribution is 7.92. The van der Waals surface area contributed by atoms with Gasteiger partial charge in [-0.15, -0.1) is 0 Å². The molecule has 0 radical (unpaired) electrons. The van der Waals surface area contributed by atoms with E-state index in [0.29, 0.717) is 6.07 Å². The summed E-state index contributed by atoms with van der Waals surface area (Å²) < 4.78 is 70.9. The molecule has 0 amide bonds. The van der Waals surface area contributed by atoms with Crippen LogP contribution in [0.1, 0.15) is 5.56 Å². The van der Waals surface area contributed by atoms with Gasteiger partial charge in [-0.05, 0) is 37.3 Å². The number of sulfonamides is 1. The van der Waals surface area contributed by atoms with Gasteiger partial charge in [0, 0.05) is 0 Å². The fourth-order valence-electron chi connectivity index (χ4n) is 1.66. The molecule has 0 aliphatic carbocycles. The Bertz CT molecular complexity index is 906. The summed E-state index contributed by atoms with van der Waals surface area (Å²) in [5, 5.41) is 0. The summed E-state index contributed by atoms with van der Waals surface area (Å²) in [7, 11) is -8.65. The van der Waals surface area contributed by atoms with E-state index in [0.717, 1.165) is 17.7 Å². The fourth-order valence-corrected chi connectivity index (χ4v) is 3.23. The van der Waals surface area contributed by atoms with E-state index in [1.54, 1.807) is 19.1 Å². The van der Waals surface area contributed by atoms with Gasteiger partial charge in [0.1, 0.15) is 5.82 Å². The number of benzene rings is 2. The zero-order valence-corrected chi connectivity index (χ0v) is 12.9. The molecule has 2 N–H and O–H groups in total. The number of halogens is 1. The largest absolute Gasteiger partial charge is 0.294 e. The van der Waals surface area contributed by atoms with Gasteiger partial charge in [0.2, 0.25) is 0 Å². The van der Waals surface area contributed by atoms with Crippen molar-refractivity contribution >= 4 is 25.8 Å². The Morgan fingerprint density at radius 3 is 2.05 bits per heavy atom. The molecule has 9 heteroatoms. The van der Waals surface area contributed by atoms with Crippen molar-refractivity contribution in [3.8, 4) is 0 Å². The third-order valence-corrected chi connectivity index (χ3v) is 5.04. The summed E-state index contributed by atoms with van der Waals surface area (Å²) in [6.45, 7) is 1.78. The van der Waals surface area contributed by atoms with Crippen LogP contribution in [-0.4, -0.2) is 21.4 Å². The van der Waals surface area contributed by atoms with Crippen LogP contribution in [0.5, 0.6) is 0 Å². The summed E-state index contributed by atoms with van der Waals surface area (Å²) in [5.41, 5.74) is 0.272. The molecule has 0 heterocycles. The molecule has 0 fully saturated rings. The lowest BCUT2D eigenvalue weighted by atomic mass is 10.2. The molecule has 2 aromatic carbocycles. The van der Waals surface area contributed by atoms with Crippen LogP contribution < -0.4 is 4.72 Å². The predicted octanol–water partition coefficient (Wildman–Crippen LogP) is 2.18. The van der Waals surface area contributed by atoms with Gasteiger partial charge in [-0.2, -0.15) is 8.42 Å². The number of hydrogen-bond donors (Lipinski definition) is 2. The van der Waals surface area contributed by atoms with E-state index in [9.17, 15) is 21.2 Å². The maximum Gasteiger partial charge on any atom is 0.294 e. The van der Waals surface area contributed by atoms with Crippen molar-refractivity contribution < 1.29 is 25.8 Å². The van der Waals surface area contributed by atoms with Crippen LogP contribution in [0.25, 0.3) is 0 Å². The summed E-state index contributed by atoms with van der Waals surface area (Å²) in [6, 6.07) is 8.09. The van der Waals surface area contributed by atoms with Crippen LogP contribution in [0, 0.1) is 12.7 Å². The lowest BCUT2D eigenvalue weighted by Crippen LogP contribution is -2.14. The van der Waals surface area contributed by atoms with Crippen molar-refractivity contribution in [1.29, 1.82) is 0 Å². The van der Waals surface area contributed by atoms with Gasteiger partial charge in [0.25, 0.3) is 20.1 Å². The first-order valence-corrected chi connectivity index (χ1v) is 8.88. The highest BCUT2D eigenvalue weighted by atomic mass is 32.2. The Hall–Kier alpha value is -1.97. The van der Waals surface area contributed by atoms with Crippen molar-refractivity contribution in [2.24, 2.45) is 0 Å². The number of rotatable bonds is 4. The lowest BCUT2D eigenvalue weighted by molar-refractivity contribution is 0.483. The van der Waals surface area contributed by atoms with Gasteiger partial charge < -0.3 is 0 Å². The second-order valence-electron chi connectivity index (χ2n) is 4.54. The maximum absolute atomic E-state index is 13.7. The monoisotopic (exact) mass is 345 g/mol. The fraction of sp³-hybridized carbons (Fsp3) is 0.0769. The maximum atomic E-state index is 13.7. The van der Waals surface area contributed by atoms with Crippen molar-refractivity contribution in [2.45, 2.75) is 16.7 Å². The minimum Gasteiger partial charge on any atom is -0.282 e. The number of anilines is 1. The smallest absolute Gasteiger partial charge is 0.282 e. The minimum atomic E-state index is -4.57. The Labute approximate surface area is 127 Å². The first-order valence-electron chi connectivity index (χ1n) is 5.96. The molecule has 0 saturated heterocycles. The van der Waals surface area contributed by atoms with Gasteiger partial charge in [-0.3, -0.25) is 9.27 Å². The summed E-state index contributed by atoms with van der Waals surface area (Å²) in [4.78, 5) is -0.717. The van der Waals surface area contributed by atoms with E-state index >= 15 is 0 Å². The summed E-state index contributed by atoms with van der Waals surface area (Å²) >= 11 is 0. The Morgan fingerprint density at radius 2 is 1.50 bits per heavy atom. The van der Waals surface area contributed by atoms with Gasteiger partial charge in [-0.25, -0.2) is 12.8 Å². The van der Waals surface area contributed by atoms with Crippen LogP contribution in [-0.2, 0) is 20.1 Å². The molecule has 0 saturated carbocycles. The number of nitrogens with one attached hydrogen (secondary N) is 1. The van der Waals surface area contributed by atoms with E-state index in [2.05, 4.69) is 0 Å². The highest BCUT2D eigenvalue weighted by Gasteiger charge is 2.19. The Kier molecular flexibility index (Phi) is 4.23. The SMILES string of the molecule is Cc1ccc(S(=O)(=O)Nc2cc(S(=O)(=O)O)ccc2F)cc1. The quantitative estimate of drug-likeness (QED) is 0.827. The van der Waals surface area contributed by atoms with Crippen molar-refractivity contribution in [1.82, 2.24) is 0 Å². The van der Waals surface area contributed by atoms with Crippen LogP contribution >= 0.6 is 0 Å². The third kappa shape index (κ3) is 3.62. The van der Waals surface area contributed by atoms with Crippen LogP contribution in [0.3, 0.4) is 0 Å². The van der Waals surface area contributed by atoms with E-state index in [-0.39, 0.29) is 4.90 Å². The lowest BCUT2D eigenvalue weighted by Gasteiger charge is -2.10. The molecule has 22 heavy (non-hydrogen) atoms. The van der Waals surface area contributed by atoms with Crippen LogP contribution in [0.4, 0.5) is 10.1 Å². The Balaban J connectivity index is 2.43. The van der Waals surface area contributed by atoms with E-state index in [1.165, 1.54) is 12.1 Å². The topological polar surface area (TPSA) is 101 Å². The van der Waals surface area contributed by atoms with Crippen molar-refractivity contribution in [3.63, 3.8) is 0 Å². The van der Waals surface area contributed by atoms with Crippen LogP contribution in [0.15, 0.2) is 52.3 Å². The molecule has 0 aliphatic heterocycles. The van der Waals surface area contributed by atoms with Gasteiger partial charge >= 0.3 is 0 Å². The molecule has 118 valence electrons. The molecular weight excluding hydrogens is 333 g/mol. The molecule has 0 bridgehead atoms. The zero-order chi connectivity index (χ0) is 16.5. The van der Waals surface area contributed by atoms with Crippen LogP contribution in [0.2, 0.25) is 0 Å². The standard InChI is InChI=1S/C13H12FNO5S2/c1-9-2-4-10(5-3-9)21(16,17)15-13-8-11(22(18,19)20)6-7-12(13)14/h2-8,15H,1H3,(H,18,19,20).